The van der Waals surface area contributed by atoms with Crippen molar-refractivity contribution in [2.24, 2.45) is 5.41 Å². The third kappa shape index (κ3) is 4.69. The first-order valence-electron chi connectivity index (χ1n) is 6.50. The molecule has 0 aliphatic heterocycles. The first-order valence-corrected chi connectivity index (χ1v) is 6.50. The van der Waals surface area contributed by atoms with Gasteiger partial charge in [-0.2, -0.15) is 0 Å². The van der Waals surface area contributed by atoms with Crippen LogP contribution in [-0.2, 0) is 6.54 Å². The third-order valence-corrected chi connectivity index (χ3v) is 3.04. The zero-order valence-electron chi connectivity index (χ0n) is 12.4. The van der Waals surface area contributed by atoms with Gasteiger partial charge in [-0.05, 0) is 17.5 Å². The zero-order chi connectivity index (χ0) is 14.6. The van der Waals surface area contributed by atoms with E-state index in [9.17, 15) is 9.90 Å². The molecule has 0 aliphatic carbocycles. The molecular formula is C14H25N3O2. The van der Waals surface area contributed by atoms with E-state index in [1.165, 1.54) is 4.90 Å². The second-order valence-corrected chi connectivity index (χ2v) is 6.11. The van der Waals surface area contributed by atoms with Gasteiger partial charge in [0.2, 0.25) is 0 Å². The van der Waals surface area contributed by atoms with Crippen LogP contribution in [0.3, 0.4) is 0 Å². The van der Waals surface area contributed by atoms with Crippen LogP contribution in [0.2, 0.25) is 0 Å². The van der Waals surface area contributed by atoms with Crippen LogP contribution in [-0.4, -0.2) is 47.6 Å². The number of aliphatic hydroxyl groups excluding tert-OH is 1. The van der Waals surface area contributed by atoms with E-state index < -0.39 is 6.10 Å². The summed E-state index contributed by atoms with van der Waals surface area (Å²) >= 11 is 0. The Bertz CT molecular complexity index is 419. The molecule has 3 N–H and O–H groups in total. The average molecular weight is 267 g/mol. The highest BCUT2D eigenvalue weighted by molar-refractivity contribution is 5.92. The van der Waals surface area contributed by atoms with E-state index in [-0.39, 0.29) is 11.3 Å². The van der Waals surface area contributed by atoms with Crippen LogP contribution in [0.1, 0.15) is 37.0 Å². The minimum Gasteiger partial charge on any atom is -0.391 e. The third-order valence-electron chi connectivity index (χ3n) is 3.04. The van der Waals surface area contributed by atoms with Gasteiger partial charge in [-0.15, -0.1) is 0 Å². The van der Waals surface area contributed by atoms with E-state index in [0.29, 0.717) is 18.8 Å². The zero-order valence-corrected chi connectivity index (χ0v) is 12.4. The molecule has 1 amide bonds. The van der Waals surface area contributed by atoms with Crippen LogP contribution in [0.4, 0.5) is 0 Å². The van der Waals surface area contributed by atoms with Crippen molar-refractivity contribution in [1.29, 1.82) is 0 Å². The van der Waals surface area contributed by atoms with E-state index in [0.717, 1.165) is 5.69 Å². The quantitative estimate of drug-likeness (QED) is 0.751. The number of hydrogen-bond donors (Lipinski definition) is 3. The van der Waals surface area contributed by atoms with Gasteiger partial charge < -0.3 is 20.3 Å². The molecule has 1 rings (SSSR count). The Balaban J connectivity index is 2.45. The number of aliphatic hydroxyl groups is 1. The maximum absolute atomic E-state index is 11.7. The first-order chi connectivity index (χ1) is 8.71. The van der Waals surface area contributed by atoms with Gasteiger partial charge in [-0.1, -0.05) is 20.8 Å². The molecule has 5 heteroatoms. The number of amides is 1. The predicted octanol–water partition coefficient (Wildman–Crippen LogP) is 1.21. The molecule has 0 saturated carbocycles. The van der Waals surface area contributed by atoms with Gasteiger partial charge >= 0.3 is 0 Å². The van der Waals surface area contributed by atoms with Crippen molar-refractivity contribution in [3.8, 4) is 0 Å². The first kappa shape index (κ1) is 15.7. The molecule has 108 valence electrons. The molecule has 0 bridgehead atoms. The minimum absolute atomic E-state index is 0.0408. The standard InChI is InChI=1S/C14H25N3O2/c1-14(2,3)12(18)9-15-8-10-6-7-11(16-10)13(19)17(4)5/h6-7,12,15-16,18H,8-9H2,1-5H3. The van der Waals surface area contributed by atoms with Gasteiger partial charge in [0.05, 0.1) is 6.10 Å². The van der Waals surface area contributed by atoms with Crippen molar-refractivity contribution in [1.82, 2.24) is 15.2 Å². The molecule has 1 heterocycles. The summed E-state index contributed by atoms with van der Waals surface area (Å²) in [5.41, 5.74) is 1.39. The number of carbonyl (C=O) groups is 1. The summed E-state index contributed by atoms with van der Waals surface area (Å²) in [7, 11) is 3.45. The van der Waals surface area contributed by atoms with Crippen molar-refractivity contribution >= 4 is 5.91 Å². The number of nitrogens with zero attached hydrogens (tertiary/aromatic N) is 1. The smallest absolute Gasteiger partial charge is 0.269 e. The number of H-pyrrole nitrogens is 1. The fourth-order valence-corrected chi connectivity index (χ4v) is 1.56. The number of aromatic nitrogens is 1. The molecular weight excluding hydrogens is 242 g/mol. The summed E-state index contributed by atoms with van der Waals surface area (Å²) in [6.07, 6.45) is -0.398. The van der Waals surface area contributed by atoms with E-state index in [2.05, 4.69) is 10.3 Å². The Kier molecular flexibility index (Phi) is 5.14. The van der Waals surface area contributed by atoms with Crippen molar-refractivity contribution in [2.75, 3.05) is 20.6 Å². The van der Waals surface area contributed by atoms with Gasteiger partial charge in [0.25, 0.3) is 5.91 Å². The number of aromatic amines is 1. The molecule has 0 spiro atoms. The van der Waals surface area contributed by atoms with Gasteiger partial charge in [0.15, 0.2) is 0 Å². The Morgan fingerprint density at radius 3 is 2.58 bits per heavy atom. The number of rotatable bonds is 5. The molecule has 1 atom stereocenters. The maximum atomic E-state index is 11.7. The highest BCUT2D eigenvalue weighted by atomic mass is 16.3. The molecule has 0 fully saturated rings. The lowest BCUT2D eigenvalue weighted by molar-refractivity contribution is 0.0627. The van der Waals surface area contributed by atoms with Crippen LogP contribution < -0.4 is 5.32 Å². The Labute approximate surface area is 115 Å². The van der Waals surface area contributed by atoms with Crippen LogP contribution >= 0.6 is 0 Å². The van der Waals surface area contributed by atoms with E-state index in [1.807, 2.05) is 26.8 Å². The van der Waals surface area contributed by atoms with E-state index in [1.54, 1.807) is 20.2 Å². The molecule has 0 saturated heterocycles. The lowest BCUT2D eigenvalue weighted by Crippen LogP contribution is -2.36. The van der Waals surface area contributed by atoms with Crippen molar-refractivity contribution in [2.45, 2.75) is 33.4 Å². The molecule has 1 aromatic heterocycles. The van der Waals surface area contributed by atoms with Crippen LogP contribution in [0.25, 0.3) is 0 Å². The molecule has 0 radical (unpaired) electrons. The molecule has 0 aliphatic rings. The van der Waals surface area contributed by atoms with Crippen molar-refractivity contribution < 1.29 is 9.90 Å². The lowest BCUT2D eigenvalue weighted by Gasteiger charge is -2.25. The Morgan fingerprint density at radius 2 is 2.05 bits per heavy atom. The molecule has 1 aromatic rings. The summed E-state index contributed by atoms with van der Waals surface area (Å²) in [6, 6.07) is 3.66. The summed E-state index contributed by atoms with van der Waals surface area (Å²) in [5, 5.41) is 13.1. The largest absolute Gasteiger partial charge is 0.391 e. The van der Waals surface area contributed by atoms with Crippen LogP contribution in [0, 0.1) is 5.41 Å². The SMILES string of the molecule is CN(C)C(=O)c1ccc(CNCC(O)C(C)(C)C)[nH]1. The van der Waals surface area contributed by atoms with E-state index >= 15 is 0 Å². The van der Waals surface area contributed by atoms with Crippen molar-refractivity contribution in [3.05, 3.63) is 23.5 Å². The maximum Gasteiger partial charge on any atom is 0.269 e. The number of hydrogen-bond acceptors (Lipinski definition) is 3. The fourth-order valence-electron chi connectivity index (χ4n) is 1.56. The summed E-state index contributed by atoms with van der Waals surface area (Å²) < 4.78 is 0. The molecule has 0 aromatic carbocycles. The summed E-state index contributed by atoms with van der Waals surface area (Å²) in [4.78, 5) is 16.3. The van der Waals surface area contributed by atoms with Gasteiger partial charge in [-0.3, -0.25) is 4.79 Å². The second-order valence-electron chi connectivity index (χ2n) is 6.11. The Hall–Kier alpha value is -1.33. The number of nitrogens with one attached hydrogen (secondary N) is 2. The molecule has 19 heavy (non-hydrogen) atoms. The fraction of sp³-hybridized carbons (Fsp3) is 0.643. The van der Waals surface area contributed by atoms with E-state index in [4.69, 9.17) is 0 Å². The second kappa shape index (κ2) is 6.21. The average Bonchev–Trinajstić information content (AvgIpc) is 2.75. The summed E-state index contributed by atoms with van der Waals surface area (Å²) in [5.74, 6) is -0.0408. The lowest BCUT2D eigenvalue weighted by atomic mass is 9.89. The number of carbonyl (C=O) groups excluding carboxylic acids is 1. The minimum atomic E-state index is -0.398. The predicted molar refractivity (Wildman–Crippen MR) is 76.0 cm³/mol. The Morgan fingerprint density at radius 1 is 1.42 bits per heavy atom. The van der Waals surface area contributed by atoms with Gasteiger partial charge in [0.1, 0.15) is 5.69 Å². The van der Waals surface area contributed by atoms with Gasteiger partial charge in [-0.25, -0.2) is 0 Å². The van der Waals surface area contributed by atoms with Gasteiger partial charge in [0, 0.05) is 32.9 Å². The summed E-state index contributed by atoms with van der Waals surface area (Å²) in [6.45, 7) is 7.14. The molecule has 5 nitrogen and oxygen atoms in total. The highest BCUT2D eigenvalue weighted by Crippen LogP contribution is 2.18. The normalized spacial score (nSPS) is 13.4. The van der Waals surface area contributed by atoms with Crippen LogP contribution in [0.5, 0.6) is 0 Å². The van der Waals surface area contributed by atoms with Crippen molar-refractivity contribution in [3.63, 3.8) is 0 Å². The topological polar surface area (TPSA) is 68.4 Å². The molecule has 1 unspecified atom stereocenters. The monoisotopic (exact) mass is 267 g/mol. The van der Waals surface area contributed by atoms with Crippen LogP contribution in [0.15, 0.2) is 12.1 Å². The highest BCUT2D eigenvalue weighted by Gasteiger charge is 2.21.